The molecule has 0 aromatic carbocycles. The topological polar surface area (TPSA) is 102 Å². The first kappa shape index (κ1) is 26.4. The van der Waals surface area contributed by atoms with E-state index in [1.165, 1.54) is 4.90 Å². The van der Waals surface area contributed by atoms with E-state index in [-0.39, 0.29) is 23.1 Å². The minimum absolute atomic E-state index is 0.0877. The molecule has 1 amide bonds. The fraction of sp³-hybridized carbons (Fsp3) is 0.583. The first-order valence-electron chi connectivity index (χ1n) is 11.4. The first-order chi connectivity index (χ1) is 15.6. The number of hydrogen-bond acceptors (Lipinski definition) is 6. The van der Waals surface area contributed by atoms with Crippen LogP contribution in [0.25, 0.3) is 17.0 Å². The molecule has 0 aliphatic carbocycles. The van der Waals surface area contributed by atoms with Crippen molar-refractivity contribution in [1.82, 2.24) is 20.1 Å². The Morgan fingerprint density at radius 1 is 1.26 bits per heavy atom. The largest absolute Gasteiger partial charge is 0.465 e. The summed E-state index contributed by atoms with van der Waals surface area (Å²) < 4.78 is 12.0. The van der Waals surface area contributed by atoms with Crippen LogP contribution in [0.1, 0.15) is 59.5 Å². The lowest BCUT2D eigenvalue weighted by Crippen LogP contribution is -2.48. The van der Waals surface area contributed by atoms with Crippen LogP contribution >= 0.6 is 11.6 Å². The Bertz CT molecular complexity index is 1090. The molecule has 2 aromatic rings. The quantitative estimate of drug-likeness (QED) is 0.462. The molecule has 0 saturated carbocycles. The van der Waals surface area contributed by atoms with E-state index in [4.69, 9.17) is 20.4 Å². The number of amides is 1. The summed E-state index contributed by atoms with van der Waals surface area (Å²) in [5.74, 6) is 0.744. The minimum Gasteiger partial charge on any atom is -0.465 e. The predicted octanol–water partition coefficient (Wildman–Crippen LogP) is 6.49. The van der Waals surface area contributed by atoms with Crippen LogP contribution in [0.5, 0.6) is 0 Å². The summed E-state index contributed by atoms with van der Waals surface area (Å²) >= 11 is 6.61. The van der Waals surface area contributed by atoms with Gasteiger partial charge in [-0.2, -0.15) is 0 Å². The highest BCUT2D eigenvalue weighted by molar-refractivity contribution is 6.74. The summed E-state index contributed by atoms with van der Waals surface area (Å²) in [5, 5.41) is 18.4. The van der Waals surface area contributed by atoms with Crippen molar-refractivity contribution in [2.24, 2.45) is 5.41 Å². The number of carbonyl (C=O) groups is 1. The molecule has 2 aromatic heterocycles. The summed E-state index contributed by atoms with van der Waals surface area (Å²) in [6.45, 7) is 17.6. The highest BCUT2D eigenvalue weighted by Crippen LogP contribution is 2.38. The molecule has 1 N–H and O–H groups in total. The Kier molecular flexibility index (Phi) is 7.31. The summed E-state index contributed by atoms with van der Waals surface area (Å²) in [5.41, 5.74) is 1.94. The molecule has 1 aliphatic heterocycles. The molecule has 3 heterocycles. The molecule has 1 aliphatic rings. The first-order valence-corrected chi connectivity index (χ1v) is 14.7. The standard InChI is InChI=1S/C24H35ClN4O4Si/c1-23(2,3)18-12-15(9-10-29(18)22(30)31)20-17(25)11-16(13-26-20)21-28-27-19(33-21)14-32-34(7,8)24(4,5)6/h11-13,18H,9-10,14H2,1-8H3,(H,30,31). The van der Waals surface area contributed by atoms with E-state index in [2.05, 4.69) is 49.0 Å². The van der Waals surface area contributed by atoms with Crippen LogP contribution in [0, 0.1) is 5.41 Å². The molecule has 186 valence electrons. The van der Waals surface area contributed by atoms with Gasteiger partial charge in [0, 0.05) is 12.7 Å². The Labute approximate surface area is 207 Å². The van der Waals surface area contributed by atoms with Gasteiger partial charge in [0.25, 0.3) is 0 Å². The van der Waals surface area contributed by atoms with Gasteiger partial charge in [-0.15, -0.1) is 10.2 Å². The third kappa shape index (κ3) is 5.70. The number of hydrogen-bond donors (Lipinski definition) is 1. The molecular weight excluding hydrogens is 472 g/mol. The number of halogens is 1. The summed E-state index contributed by atoms with van der Waals surface area (Å²) in [4.78, 5) is 17.7. The van der Waals surface area contributed by atoms with Crippen molar-refractivity contribution >= 4 is 31.6 Å². The number of carboxylic acid groups (broad SMARTS) is 1. The van der Waals surface area contributed by atoms with Gasteiger partial charge in [0.05, 0.1) is 22.3 Å². The molecule has 34 heavy (non-hydrogen) atoms. The molecule has 0 fully saturated rings. The number of aromatic nitrogens is 3. The lowest BCUT2D eigenvalue weighted by atomic mass is 9.82. The fourth-order valence-corrected chi connectivity index (χ4v) is 4.76. The van der Waals surface area contributed by atoms with Gasteiger partial charge >= 0.3 is 6.09 Å². The highest BCUT2D eigenvalue weighted by Gasteiger charge is 2.38. The molecule has 3 rings (SSSR count). The molecule has 0 saturated heterocycles. The van der Waals surface area contributed by atoms with Crippen molar-refractivity contribution in [2.45, 2.75) is 78.7 Å². The molecule has 0 bridgehead atoms. The van der Waals surface area contributed by atoms with Gasteiger partial charge in [0.15, 0.2) is 8.32 Å². The Morgan fingerprint density at radius 3 is 2.50 bits per heavy atom. The summed E-state index contributed by atoms with van der Waals surface area (Å²) in [6.07, 6.45) is 3.24. The average molecular weight is 507 g/mol. The molecule has 0 spiro atoms. The molecular formula is C24H35ClN4O4Si. The Hall–Kier alpha value is -2.23. The third-order valence-electron chi connectivity index (χ3n) is 6.67. The van der Waals surface area contributed by atoms with Crippen LogP contribution in [-0.2, 0) is 11.0 Å². The maximum absolute atomic E-state index is 11.7. The van der Waals surface area contributed by atoms with Crippen LogP contribution in [0.4, 0.5) is 4.79 Å². The van der Waals surface area contributed by atoms with Gasteiger partial charge in [-0.25, -0.2) is 4.79 Å². The second-order valence-electron chi connectivity index (χ2n) is 11.3. The molecule has 0 radical (unpaired) electrons. The third-order valence-corrected chi connectivity index (χ3v) is 11.4. The van der Waals surface area contributed by atoms with Gasteiger partial charge in [-0.1, -0.05) is 59.2 Å². The number of pyridine rings is 1. The van der Waals surface area contributed by atoms with Crippen molar-refractivity contribution < 1.29 is 18.7 Å². The van der Waals surface area contributed by atoms with E-state index in [1.807, 2.05) is 26.8 Å². The van der Waals surface area contributed by atoms with E-state index in [9.17, 15) is 9.90 Å². The molecule has 1 atom stereocenters. The van der Waals surface area contributed by atoms with Crippen LogP contribution in [0.15, 0.2) is 22.8 Å². The van der Waals surface area contributed by atoms with Gasteiger partial charge in [-0.3, -0.25) is 4.98 Å². The van der Waals surface area contributed by atoms with E-state index >= 15 is 0 Å². The fourth-order valence-electron chi connectivity index (χ4n) is 3.55. The summed E-state index contributed by atoms with van der Waals surface area (Å²) in [7, 11) is -1.93. The van der Waals surface area contributed by atoms with Crippen molar-refractivity contribution in [3.05, 3.63) is 34.9 Å². The van der Waals surface area contributed by atoms with E-state index < -0.39 is 14.4 Å². The van der Waals surface area contributed by atoms with Crippen LogP contribution in [0.3, 0.4) is 0 Å². The molecule has 8 nitrogen and oxygen atoms in total. The molecule has 1 unspecified atom stereocenters. The minimum atomic E-state index is -1.93. The summed E-state index contributed by atoms with van der Waals surface area (Å²) in [6, 6.07) is 1.48. The zero-order valence-electron chi connectivity index (χ0n) is 21.3. The van der Waals surface area contributed by atoms with E-state index in [0.29, 0.717) is 41.0 Å². The zero-order chi connectivity index (χ0) is 25.5. The SMILES string of the molecule is CC(C)(C)C1C=C(c2ncc(-c3nnc(CO[Si](C)(C)C(C)(C)C)o3)cc2Cl)CCN1C(=O)O. The lowest BCUT2D eigenvalue weighted by molar-refractivity contribution is 0.1000. The van der Waals surface area contributed by atoms with Crippen LogP contribution in [-0.4, -0.2) is 52.2 Å². The normalized spacial score (nSPS) is 17.6. The zero-order valence-corrected chi connectivity index (χ0v) is 23.0. The van der Waals surface area contributed by atoms with Gasteiger partial charge in [-0.05, 0) is 41.6 Å². The van der Waals surface area contributed by atoms with Gasteiger partial charge in [0.1, 0.15) is 6.61 Å². The van der Waals surface area contributed by atoms with Gasteiger partial charge in [0.2, 0.25) is 11.8 Å². The highest BCUT2D eigenvalue weighted by atomic mass is 35.5. The van der Waals surface area contributed by atoms with E-state index in [1.54, 1.807) is 12.3 Å². The maximum atomic E-state index is 11.7. The monoisotopic (exact) mass is 506 g/mol. The number of rotatable bonds is 5. The van der Waals surface area contributed by atoms with E-state index in [0.717, 1.165) is 5.57 Å². The van der Waals surface area contributed by atoms with Crippen molar-refractivity contribution in [3.8, 4) is 11.5 Å². The Morgan fingerprint density at radius 2 is 1.94 bits per heavy atom. The van der Waals surface area contributed by atoms with Crippen LogP contribution in [0.2, 0.25) is 23.2 Å². The van der Waals surface area contributed by atoms with Gasteiger partial charge < -0.3 is 18.8 Å². The Balaban J connectivity index is 1.81. The lowest BCUT2D eigenvalue weighted by Gasteiger charge is -2.40. The average Bonchev–Trinajstić information content (AvgIpc) is 3.19. The molecule has 10 heteroatoms. The smallest absolute Gasteiger partial charge is 0.407 e. The predicted molar refractivity (Wildman–Crippen MR) is 135 cm³/mol. The number of nitrogens with zero attached hydrogens (tertiary/aromatic N) is 4. The van der Waals surface area contributed by atoms with Crippen molar-refractivity contribution in [3.63, 3.8) is 0 Å². The second kappa shape index (κ2) is 9.43. The maximum Gasteiger partial charge on any atom is 0.407 e. The van der Waals surface area contributed by atoms with Crippen LogP contribution < -0.4 is 0 Å². The van der Waals surface area contributed by atoms with Crippen molar-refractivity contribution in [1.29, 1.82) is 0 Å². The second-order valence-corrected chi connectivity index (χ2v) is 16.5. The van der Waals surface area contributed by atoms with Crippen molar-refractivity contribution in [2.75, 3.05) is 6.54 Å².